The monoisotopic (exact) mass is 194 g/mol. The first-order valence-electron chi connectivity index (χ1n) is 2.43. The van der Waals surface area contributed by atoms with Crippen LogP contribution in [0.25, 0.3) is 0 Å². The zero-order chi connectivity index (χ0) is 9.99. The number of carbonyl (C=O) groups is 1. The standard InChI is InChI=1S/C4H3F5O3/c1-11-2(10)3(5,12-9)4(6,7)8/h1H3. The van der Waals surface area contributed by atoms with Gasteiger partial charge in [0.1, 0.15) is 0 Å². The van der Waals surface area contributed by atoms with Crippen LogP contribution in [0, 0.1) is 0 Å². The molecule has 0 spiro atoms. The molecule has 0 bridgehead atoms. The fraction of sp³-hybridized carbons (Fsp3) is 0.750. The Balaban J connectivity index is 4.80. The molecule has 3 nitrogen and oxygen atoms in total. The van der Waals surface area contributed by atoms with Crippen molar-refractivity contribution >= 4 is 5.97 Å². The van der Waals surface area contributed by atoms with Crippen molar-refractivity contribution in [1.82, 2.24) is 0 Å². The predicted molar refractivity (Wildman–Crippen MR) is 24.1 cm³/mol. The molecule has 0 fully saturated rings. The molecule has 0 aliphatic heterocycles. The first-order chi connectivity index (χ1) is 5.29. The van der Waals surface area contributed by atoms with Crippen molar-refractivity contribution in [2.24, 2.45) is 0 Å². The normalized spacial score (nSPS) is 16.8. The fourth-order valence-corrected chi connectivity index (χ4v) is 0.322. The summed E-state index contributed by atoms with van der Waals surface area (Å²) in [5.41, 5.74) is 0. The fourth-order valence-electron chi connectivity index (χ4n) is 0.322. The Kier molecular flexibility index (Phi) is 2.97. The van der Waals surface area contributed by atoms with Crippen molar-refractivity contribution in [2.75, 3.05) is 7.11 Å². The number of hydrogen-bond donors (Lipinski definition) is 0. The van der Waals surface area contributed by atoms with Crippen molar-refractivity contribution in [1.29, 1.82) is 0 Å². The van der Waals surface area contributed by atoms with E-state index in [1.165, 1.54) is 0 Å². The minimum absolute atomic E-state index is 0.460. The predicted octanol–water partition coefficient (Wildman–Crippen LogP) is 1.29. The van der Waals surface area contributed by atoms with Gasteiger partial charge in [-0.2, -0.15) is 17.6 Å². The molecule has 12 heavy (non-hydrogen) atoms. The van der Waals surface area contributed by atoms with Gasteiger partial charge in [-0.1, -0.05) is 0 Å². The Morgan fingerprint density at radius 3 is 1.75 bits per heavy atom. The van der Waals surface area contributed by atoms with Crippen LogP contribution in [0.15, 0.2) is 0 Å². The van der Waals surface area contributed by atoms with Crippen LogP contribution >= 0.6 is 0 Å². The van der Waals surface area contributed by atoms with Gasteiger partial charge in [0.15, 0.2) is 0 Å². The highest BCUT2D eigenvalue weighted by atomic mass is 19.4. The van der Waals surface area contributed by atoms with E-state index in [0.29, 0.717) is 7.11 Å². The molecular formula is C4H3F5O3. The van der Waals surface area contributed by atoms with E-state index in [1.807, 2.05) is 4.94 Å². The summed E-state index contributed by atoms with van der Waals surface area (Å²) in [4.78, 5) is 11.9. The quantitative estimate of drug-likeness (QED) is 0.490. The molecule has 72 valence electrons. The molecule has 0 N–H and O–H groups in total. The molecule has 0 aromatic rings. The third-order valence-electron chi connectivity index (χ3n) is 0.919. The molecule has 0 aromatic carbocycles. The minimum Gasteiger partial charge on any atom is -0.464 e. The van der Waals surface area contributed by atoms with E-state index in [-0.39, 0.29) is 0 Å². The van der Waals surface area contributed by atoms with Crippen LogP contribution in [-0.2, 0) is 14.5 Å². The van der Waals surface area contributed by atoms with Gasteiger partial charge >= 0.3 is 18.0 Å². The summed E-state index contributed by atoms with van der Waals surface area (Å²) in [6.45, 7) is 0. The topological polar surface area (TPSA) is 35.5 Å². The Morgan fingerprint density at radius 2 is 1.67 bits per heavy atom. The van der Waals surface area contributed by atoms with E-state index in [0.717, 1.165) is 0 Å². The van der Waals surface area contributed by atoms with Gasteiger partial charge in [0, 0.05) is 0 Å². The maximum absolute atomic E-state index is 12.2. The van der Waals surface area contributed by atoms with Crippen molar-refractivity contribution < 1.29 is 36.6 Å². The second kappa shape index (κ2) is 3.21. The number of ether oxygens (including phenoxy) is 1. The highest BCUT2D eigenvalue weighted by Crippen LogP contribution is 2.36. The molecule has 0 saturated carbocycles. The molecule has 0 aliphatic carbocycles. The highest BCUT2D eigenvalue weighted by molar-refractivity contribution is 5.78. The van der Waals surface area contributed by atoms with Gasteiger partial charge in [-0.3, -0.25) is 0 Å². The molecule has 8 heteroatoms. The lowest BCUT2D eigenvalue weighted by Gasteiger charge is -2.19. The first kappa shape index (κ1) is 11.1. The number of halogens is 5. The summed E-state index contributed by atoms with van der Waals surface area (Å²) < 4.78 is 61.1. The van der Waals surface area contributed by atoms with Gasteiger partial charge < -0.3 is 4.74 Å². The Morgan fingerprint density at radius 1 is 1.25 bits per heavy atom. The maximum atomic E-state index is 12.2. The Labute approximate surface area is 63.0 Å². The second-order valence-electron chi connectivity index (χ2n) is 1.66. The molecule has 0 aliphatic rings. The van der Waals surface area contributed by atoms with Crippen LogP contribution in [0.2, 0.25) is 0 Å². The minimum atomic E-state index is -5.81. The Hall–Kier alpha value is -0.920. The third kappa shape index (κ3) is 1.63. The number of hydrogen-bond acceptors (Lipinski definition) is 3. The summed E-state index contributed by atoms with van der Waals surface area (Å²) in [5.74, 6) is -7.54. The van der Waals surface area contributed by atoms with Gasteiger partial charge in [0.05, 0.1) is 7.11 Å². The van der Waals surface area contributed by atoms with Crippen LogP contribution in [-0.4, -0.2) is 25.1 Å². The average molecular weight is 194 g/mol. The lowest BCUT2D eigenvalue weighted by Crippen LogP contribution is -2.49. The van der Waals surface area contributed by atoms with Crippen LogP contribution in [0.3, 0.4) is 0 Å². The number of methoxy groups -OCH3 is 1. The summed E-state index contributed by atoms with van der Waals surface area (Å²) in [5, 5.41) is 0. The molecule has 0 radical (unpaired) electrons. The zero-order valence-corrected chi connectivity index (χ0v) is 5.61. The third-order valence-corrected chi connectivity index (χ3v) is 0.919. The summed E-state index contributed by atoms with van der Waals surface area (Å²) in [7, 11) is 0.460. The van der Waals surface area contributed by atoms with E-state index in [9.17, 15) is 26.9 Å². The molecule has 0 saturated heterocycles. The van der Waals surface area contributed by atoms with Crippen molar-refractivity contribution in [3.8, 4) is 0 Å². The van der Waals surface area contributed by atoms with E-state index in [2.05, 4.69) is 4.74 Å². The molecule has 1 unspecified atom stereocenters. The van der Waals surface area contributed by atoms with E-state index in [4.69, 9.17) is 0 Å². The molecule has 1 atom stereocenters. The van der Waals surface area contributed by atoms with Crippen LogP contribution in [0.5, 0.6) is 0 Å². The summed E-state index contributed by atoms with van der Waals surface area (Å²) in [6.07, 6.45) is -5.81. The number of alkyl halides is 4. The first-order valence-corrected chi connectivity index (χ1v) is 2.43. The summed E-state index contributed by atoms with van der Waals surface area (Å²) in [6, 6.07) is 0. The van der Waals surface area contributed by atoms with Gasteiger partial charge in [-0.15, -0.1) is 4.94 Å². The van der Waals surface area contributed by atoms with Gasteiger partial charge in [0.25, 0.3) is 0 Å². The lowest BCUT2D eigenvalue weighted by atomic mass is 10.3. The Bertz CT molecular complexity index is 178. The van der Waals surface area contributed by atoms with Crippen molar-refractivity contribution in [2.45, 2.75) is 12.0 Å². The maximum Gasteiger partial charge on any atom is 0.463 e. The van der Waals surface area contributed by atoms with Gasteiger partial charge in [-0.25, -0.2) is 4.79 Å². The lowest BCUT2D eigenvalue weighted by molar-refractivity contribution is -0.387. The van der Waals surface area contributed by atoms with Crippen LogP contribution in [0.4, 0.5) is 22.1 Å². The average Bonchev–Trinajstić information content (AvgIpc) is 1.99. The molecule has 0 heterocycles. The van der Waals surface area contributed by atoms with E-state index >= 15 is 0 Å². The van der Waals surface area contributed by atoms with Crippen LogP contribution < -0.4 is 0 Å². The number of carbonyl (C=O) groups excluding carboxylic acids is 1. The molecule has 0 rings (SSSR count). The van der Waals surface area contributed by atoms with Crippen molar-refractivity contribution in [3.05, 3.63) is 0 Å². The highest BCUT2D eigenvalue weighted by Gasteiger charge is 2.66. The summed E-state index contributed by atoms with van der Waals surface area (Å²) >= 11 is 0. The van der Waals surface area contributed by atoms with E-state index in [1.54, 1.807) is 0 Å². The number of esters is 1. The zero-order valence-electron chi connectivity index (χ0n) is 5.61. The van der Waals surface area contributed by atoms with Crippen LogP contribution in [0.1, 0.15) is 0 Å². The SMILES string of the molecule is COC(=O)C(F)(OF)C(F)(F)F. The second-order valence-corrected chi connectivity index (χ2v) is 1.66. The number of rotatable bonds is 2. The molecule has 0 amide bonds. The van der Waals surface area contributed by atoms with Crippen molar-refractivity contribution in [3.63, 3.8) is 0 Å². The molecular weight excluding hydrogens is 191 g/mol. The van der Waals surface area contributed by atoms with Gasteiger partial charge in [0.2, 0.25) is 0 Å². The largest absolute Gasteiger partial charge is 0.464 e. The van der Waals surface area contributed by atoms with E-state index < -0.39 is 18.0 Å². The molecule has 0 aromatic heterocycles. The van der Waals surface area contributed by atoms with Gasteiger partial charge in [-0.05, 0) is 4.53 Å². The smallest absolute Gasteiger partial charge is 0.463 e.